The molecule has 1 heterocycles. The van der Waals surface area contributed by atoms with Crippen molar-refractivity contribution in [2.75, 3.05) is 29.6 Å². The number of nitrogens with one attached hydrogen (secondary N) is 3. The van der Waals surface area contributed by atoms with Crippen LogP contribution in [0.15, 0.2) is 24.3 Å². The zero-order chi connectivity index (χ0) is 24.3. The van der Waals surface area contributed by atoms with E-state index in [0.29, 0.717) is 16.7 Å². The van der Waals surface area contributed by atoms with Gasteiger partial charge in [0.25, 0.3) is 0 Å². The SMILES string of the molecule is CN(C)c1nc(NC2CCC(NC(=S)Nc3cccc(C(F)(F)F)c3)CC2)nc2c1CCCC2. The minimum Gasteiger partial charge on any atom is -0.362 e. The molecule has 3 N–H and O–H groups in total. The van der Waals surface area contributed by atoms with Gasteiger partial charge in [-0.3, -0.25) is 0 Å². The zero-order valence-electron chi connectivity index (χ0n) is 19.5. The fourth-order valence-corrected chi connectivity index (χ4v) is 4.98. The second-order valence-corrected chi connectivity index (χ2v) is 9.68. The molecular formula is C24H31F3N6S. The Morgan fingerprint density at radius 1 is 1.03 bits per heavy atom. The van der Waals surface area contributed by atoms with Crippen LogP contribution in [0.2, 0.25) is 0 Å². The first-order chi connectivity index (χ1) is 16.2. The molecule has 0 bridgehead atoms. The highest BCUT2D eigenvalue weighted by Gasteiger charge is 2.30. The Bertz CT molecular complexity index is 1020. The van der Waals surface area contributed by atoms with E-state index in [1.807, 2.05) is 14.1 Å². The molecule has 6 nitrogen and oxygen atoms in total. The predicted molar refractivity (Wildman–Crippen MR) is 133 cm³/mol. The van der Waals surface area contributed by atoms with Gasteiger partial charge in [-0.05, 0) is 81.8 Å². The lowest BCUT2D eigenvalue weighted by Gasteiger charge is -2.31. The Morgan fingerprint density at radius 3 is 2.44 bits per heavy atom. The first kappa shape index (κ1) is 24.5. The quantitative estimate of drug-likeness (QED) is 0.499. The maximum atomic E-state index is 12.9. The molecule has 1 saturated carbocycles. The first-order valence-corrected chi connectivity index (χ1v) is 12.2. The minimum atomic E-state index is -4.38. The summed E-state index contributed by atoms with van der Waals surface area (Å²) >= 11 is 5.34. The fraction of sp³-hybridized carbons (Fsp3) is 0.542. The van der Waals surface area contributed by atoms with E-state index in [1.54, 1.807) is 6.07 Å². The maximum absolute atomic E-state index is 12.9. The minimum absolute atomic E-state index is 0.172. The van der Waals surface area contributed by atoms with Crippen molar-refractivity contribution >= 4 is 34.8 Å². The van der Waals surface area contributed by atoms with E-state index in [9.17, 15) is 13.2 Å². The van der Waals surface area contributed by atoms with Crippen LogP contribution in [-0.2, 0) is 19.0 Å². The number of nitrogens with zero attached hydrogens (tertiary/aromatic N) is 3. The van der Waals surface area contributed by atoms with E-state index in [2.05, 4.69) is 20.9 Å². The van der Waals surface area contributed by atoms with Gasteiger partial charge in [-0.15, -0.1) is 0 Å². The fourth-order valence-electron chi connectivity index (χ4n) is 4.70. The summed E-state index contributed by atoms with van der Waals surface area (Å²) in [5, 5.41) is 9.99. The molecular weight excluding hydrogens is 461 g/mol. The number of halogens is 3. The van der Waals surface area contributed by atoms with E-state index in [4.69, 9.17) is 22.2 Å². The smallest absolute Gasteiger partial charge is 0.362 e. The average molecular weight is 493 g/mol. The molecule has 2 aliphatic rings. The molecule has 0 saturated heterocycles. The van der Waals surface area contributed by atoms with Gasteiger partial charge in [-0.1, -0.05) is 6.07 Å². The van der Waals surface area contributed by atoms with Gasteiger partial charge < -0.3 is 20.9 Å². The number of benzene rings is 1. The third-order valence-corrected chi connectivity index (χ3v) is 6.65. The van der Waals surface area contributed by atoms with Gasteiger partial charge >= 0.3 is 6.18 Å². The topological polar surface area (TPSA) is 65.1 Å². The standard InChI is InChI=1S/C24H31F3N6S/c1-33(2)21-19-8-3-4-9-20(19)31-22(32-21)28-16-10-12-17(13-11-16)29-23(34)30-18-7-5-6-15(14-18)24(25,26)27/h5-7,14,16-17H,3-4,8-13H2,1-2H3,(H,28,31,32)(H2,29,30,34). The van der Waals surface area contributed by atoms with E-state index in [0.717, 1.165) is 62.2 Å². The van der Waals surface area contributed by atoms with Crippen LogP contribution in [0.3, 0.4) is 0 Å². The lowest BCUT2D eigenvalue weighted by atomic mass is 9.91. The molecule has 4 rings (SSSR count). The summed E-state index contributed by atoms with van der Waals surface area (Å²) in [4.78, 5) is 11.7. The molecule has 1 aromatic carbocycles. The van der Waals surface area contributed by atoms with Gasteiger partial charge in [0.05, 0.1) is 11.3 Å². The predicted octanol–water partition coefficient (Wildman–Crippen LogP) is 5.15. The van der Waals surface area contributed by atoms with E-state index in [-0.39, 0.29) is 12.1 Å². The largest absolute Gasteiger partial charge is 0.416 e. The maximum Gasteiger partial charge on any atom is 0.416 e. The Balaban J connectivity index is 1.29. The van der Waals surface area contributed by atoms with Crippen molar-refractivity contribution in [1.29, 1.82) is 0 Å². The van der Waals surface area contributed by atoms with Gasteiger partial charge in [0, 0.05) is 37.4 Å². The number of fused-ring (bicyclic) bond motifs is 1. The average Bonchev–Trinajstić information content (AvgIpc) is 2.79. The Morgan fingerprint density at radius 2 is 1.74 bits per heavy atom. The molecule has 0 radical (unpaired) electrons. The third-order valence-electron chi connectivity index (χ3n) is 6.43. The molecule has 0 unspecified atom stereocenters. The first-order valence-electron chi connectivity index (χ1n) is 11.8. The number of rotatable bonds is 5. The van der Waals surface area contributed by atoms with Crippen LogP contribution in [-0.4, -0.2) is 41.3 Å². The number of aromatic nitrogens is 2. The summed E-state index contributed by atoms with van der Waals surface area (Å²) in [6.07, 6.45) is 3.67. The van der Waals surface area contributed by atoms with E-state index in [1.165, 1.54) is 24.5 Å². The molecule has 0 spiro atoms. The summed E-state index contributed by atoms with van der Waals surface area (Å²) in [7, 11) is 4.04. The second-order valence-electron chi connectivity index (χ2n) is 9.27. The van der Waals surface area contributed by atoms with Crippen LogP contribution in [0.1, 0.15) is 55.3 Å². The van der Waals surface area contributed by atoms with Crippen molar-refractivity contribution in [3.63, 3.8) is 0 Å². The molecule has 0 amide bonds. The number of hydrogen-bond acceptors (Lipinski definition) is 5. The molecule has 1 aromatic heterocycles. The van der Waals surface area contributed by atoms with Gasteiger partial charge in [0.1, 0.15) is 5.82 Å². The summed E-state index contributed by atoms with van der Waals surface area (Å²) in [6, 6.07) is 5.50. The molecule has 2 aliphatic carbocycles. The van der Waals surface area contributed by atoms with Crippen molar-refractivity contribution in [2.24, 2.45) is 0 Å². The van der Waals surface area contributed by atoms with Crippen molar-refractivity contribution in [3.05, 3.63) is 41.1 Å². The number of aryl methyl sites for hydroxylation is 1. The zero-order valence-corrected chi connectivity index (χ0v) is 20.3. The Labute approximate surface area is 203 Å². The third kappa shape index (κ3) is 6.08. The second kappa shape index (κ2) is 10.3. The molecule has 0 atom stereocenters. The number of thiocarbonyl (C=S) groups is 1. The lowest BCUT2D eigenvalue weighted by molar-refractivity contribution is -0.137. The van der Waals surface area contributed by atoms with E-state index >= 15 is 0 Å². The lowest BCUT2D eigenvalue weighted by Crippen LogP contribution is -2.42. The van der Waals surface area contributed by atoms with Gasteiger partial charge in [0.2, 0.25) is 5.95 Å². The molecule has 0 aliphatic heterocycles. The highest BCUT2D eigenvalue weighted by Crippen LogP contribution is 2.31. The summed E-state index contributed by atoms with van der Waals surface area (Å²) in [5.74, 6) is 1.70. The number of hydrogen-bond donors (Lipinski definition) is 3. The number of alkyl halides is 3. The van der Waals surface area contributed by atoms with Gasteiger partial charge in [-0.25, -0.2) is 4.98 Å². The summed E-state index contributed by atoms with van der Waals surface area (Å²) < 4.78 is 38.8. The summed E-state index contributed by atoms with van der Waals surface area (Å²) in [6.45, 7) is 0. The Kier molecular flexibility index (Phi) is 7.45. The van der Waals surface area contributed by atoms with Crippen molar-refractivity contribution < 1.29 is 13.2 Å². The van der Waals surface area contributed by atoms with Crippen LogP contribution < -0.4 is 20.9 Å². The summed E-state index contributed by atoms with van der Waals surface area (Å²) in [5.41, 5.74) is 2.06. The molecule has 1 fully saturated rings. The van der Waals surface area contributed by atoms with Crippen LogP contribution in [0.4, 0.5) is 30.6 Å². The van der Waals surface area contributed by atoms with Gasteiger partial charge in [-0.2, -0.15) is 18.2 Å². The van der Waals surface area contributed by atoms with Gasteiger partial charge in [0.15, 0.2) is 5.11 Å². The highest BCUT2D eigenvalue weighted by atomic mass is 32.1. The van der Waals surface area contributed by atoms with Crippen molar-refractivity contribution in [3.8, 4) is 0 Å². The van der Waals surface area contributed by atoms with E-state index < -0.39 is 11.7 Å². The van der Waals surface area contributed by atoms with Crippen LogP contribution >= 0.6 is 12.2 Å². The monoisotopic (exact) mass is 492 g/mol. The molecule has 10 heteroatoms. The van der Waals surface area contributed by atoms with Crippen molar-refractivity contribution in [2.45, 2.75) is 69.6 Å². The van der Waals surface area contributed by atoms with Crippen LogP contribution in [0, 0.1) is 0 Å². The normalized spacial score (nSPS) is 20.3. The van der Waals surface area contributed by atoms with Crippen molar-refractivity contribution in [1.82, 2.24) is 15.3 Å². The molecule has 34 heavy (non-hydrogen) atoms. The highest BCUT2D eigenvalue weighted by molar-refractivity contribution is 7.80. The van der Waals surface area contributed by atoms with Crippen LogP contribution in [0.25, 0.3) is 0 Å². The molecule has 2 aromatic rings. The Hall–Kier alpha value is -2.62. The van der Waals surface area contributed by atoms with Crippen LogP contribution in [0.5, 0.6) is 0 Å². The molecule has 184 valence electrons. The number of anilines is 3.